The third-order valence-electron chi connectivity index (χ3n) is 3.85. The number of hydrogen-bond acceptors (Lipinski definition) is 4. The van der Waals surface area contributed by atoms with Crippen molar-refractivity contribution in [3.8, 4) is 11.5 Å². The molecule has 0 amide bonds. The van der Waals surface area contributed by atoms with Crippen LogP contribution >= 0.6 is 0 Å². The van der Waals surface area contributed by atoms with Crippen molar-refractivity contribution in [1.29, 1.82) is 0 Å². The minimum absolute atomic E-state index is 0.667. The lowest BCUT2D eigenvalue weighted by Gasteiger charge is -2.24. The Labute approximate surface area is 131 Å². The largest absolute Gasteiger partial charge is 0.497 e. The zero-order valence-electron chi connectivity index (χ0n) is 12.9. The monoisotopic (exact) mass is 298 g/mol. The van der Waals surface area contributed by atoms with Gasteiger partial charge in [0.25, 0.3) is 0 Å². The maximum absolute atomic E-state index is 5.85. The number of fused-ring (bicyclic) bond motifs is 1. The number of ether oxygens (including phenoxy) is 2. The maximum atomic E-state index is 5.85. The minimum atomic E-state index is 0.667. The van der Waals surface area contributed by atoms with E-state index in [1.807, 2.05) is 24.3 Å². The average Bonchev–Trinajstić information content (AvgIpc) is 2.78. The molecule has 1 aliphatic rings. The number of benzene rings is 2. The summed E-state index contributed by atoms with van der Waals surface area (Å²) in [7, 11) is 1.67. The van der Waals surface area contributed by atoms with Gasteiger partial charge in [0, 0.05) is 13.1 Å². The SMILES string of the molecule is COc1ccc(OCCN2CCCNc3ccccc32)cc1. The topological polar surface area (TPSA) is 33.7 Å². The molecule has 0 saturated heterocycles. The van der Waals surface area contributed by atoms with Crippen molar-refractivity contribution in [1.82, 2.24) is 0 Å². The van der Waals surface area contributed by atoms with Gasteiger partial charge < -0.3 is 19.7 Å². The minimum Gasteiger partial charge on any atom is -0.497 e. The Morgan fingerprint density at radius 3 is 2.64 bits per heavy atom. The Morgan fingerprint density at radius 1 is 1.05 bits per heavy atom. The first-order valence-corrected chi connectivity index (χ1v) is 7.71. The van der Waals surface area contributed by atoms with E-state index < -0.39 is 0 Å². The van der Waals surface area contributed by atoms with Crippen LogP contribution in [0.15, 0.2) is 48.5 Å². The standard InChI is InChI=1S/C18H22N2O2/c1-21-15-7-9-16(10-8-15)22-14-13-20-12-4-11-19-17-5-2-3-6-18(17)20/h2-3,5-10,19H,4,11-14H2,1H3. The fourth-order valence-electron chi connectivity index (χ4n) is 2.69. The number of nitrogens with zero attached hydrogens (tertiary/aromatic N) is 1. The van der Waals surface area contributed by atoms with Crippen LogP contribution in [0, 0.1) is 0 Å². The summed E-state index contributed by atoms with van der Waals surface area (Å²) in [5.41, 5.74) is 2.47. The smallest absolute Gasteiger partial charge is 0.119 e. The highest BCUT2D eigenvalue weighted by molar-refractivity contribution is 5.70. The van der Waals surface area contributed by atoms with Crippen molar-refractivity contribution in [2.45, 2.75) is 6.42 Å². The molecular formula is C18H22N2O2. The molecule has 0 saturated carbocycles. The predicted octanol–water partition coefficient (Wildman–Crippen LogP) is 3.40. The van der Waals surface area contributed by atoms with Gasteiger partial charge >= 0.3 is 0 Å². The van der Waals surface area contributed by atoms with Crippen LogP contribution in [0.25, 0.3) is 0 Å². The predicted molar refractivity (Wildman–Crippen MR) is 90.3 cm³/mol. The van der Waals surface area contributed by atoms with Crippen LogP contribution in [0.1, 0.15) is 6.42 Å². The summed E-state index contributed by atoms with van der Waals surface area (Å²) in [4.78, 5) is 2.39. The van der Waals surface area contributed by atoms with Crippen LogP contribution in [0.3, 0.4) is 0 Å². The summed E-state index contributed by atoms with van der Waals surface area (Å²) in [5, 5.41) is 3.48. The Kier molecular flexibility index (Phi) is 4.68. The van der Waals surface area contributed by atoms with Crippen LogP contribution in [-0.2, 0) is 0 Å². The van der Waals surface area contributed by atoms with E-state index in [-0.39, 0.29) is 0 Å². The second kappa shape index (κ2) is 7.07. The second-order valence-electron chi connectivity index (χ2n) is 5.31. The molecule has 3 rings (SSSR count). The first-order valence-electron chi connectivity index (χ1n) is 7.71. The molecule has 0 fully saturated rings. The van der Waals surface area contributed by atoms with E-state index in [1.54, 1.807) is 7.11 Å². The Bertz CT molecular complexity index is 598. The Morgan fingerprint density at radius 2 is 1.82 bits per heavy atom. The van der Waals surface area contributed by atoms with E-state index in [0.29, 0.717) is 6.61 Å². The van der Waals surface area contributed by atoms with Gasteiger partial charge in [-0.2, -0.15) is 0 Å². The summed E-state index contributed by atoms with van der Waals surface area (Å²) in [6, 6.07) is 16.2. The average molecular weight is 298 g/mol. The maximum Gasteiger partial charge on any atom is 0.119 e. The molecular weight excluding hydrogens is 276 g/mol. The molecule has 22 heavy (non-hydrogen) atoms. The second-order valence-corrected chi connectivity index (χ2v) is 5.31. The summed E-state index contributed by atoms with van der Waals surface area (Å²) >= 11 is 0. The quantitative estimate of drug-likeness (QED) is 0.917. The van der Waals surface area contributed by atoms with Crippen molar-refractivity contribution >= 4 is 11.4 Å². The van der Waals surface area contributed by atoms with Crippen LogP contribution in [0.2, 0.25) is 0 Å². The van der Waals surface area contributed by atoms with Crippen LogP contribution in [0.4, 0.5) is 11.4 Å². The summed E-state index contributed by atoms with van der Waals surface area (Å²) in [6.07, 6.45) is 1.14. The number of rotatable bonds is 5. The Balaban J connectivity index is 1.59. The van der Waals surface area contributed by atoms with E-state index in [0.717, 1.165) is 37.6 Å². The number of hydrogen-bond donors (Lipinski definition) is 1. The summed E-state index contributed by atoms with van der Waals surface area (Å²) < 4.78 is 11.0. The van der Waals surface area contributed by atoms with E-state index >= 15 is 0 Å². The van der Waals surface area contributed by atoms with Crippen molar-refractivity contribution in [3.63, 3.8) is 0 Å². The van der Waals surface area contributed by atoms with Gasteiger partial charge in [-0.1, -0.05) is 12.1 Å². The van der Waals surface area contributed by atoms with Crippen LogP contribution in [0.5, 0.6) is 11.5 Å². The molecule has 0 aliphatic carbocycles. The molecule has 4 heteroatoms. The fourth-order valence-corrected chi connectivity index (χ4v) is 2.69. The number of methoxy groups -OCH3 is 1. The van der Waals surface area contributed by atoms with E-state index in [1.165, 1.54) is 11.4 Å². The molecule has 1 aliphatic heterocycles. The molecule has 2 aromatic carbocycles. The molecule has 0 spiro atoms. The highest BCUT2D eigenvalue weighted by atomic mass is 16.5. The molecule has 2 aromatic rings. The lowest BCUT2D eigenvalue weighted by molar-refractivity contribution is 0.323. The van der Waals surface area contributed by atoms with Gasteiger partial charge in [0.2, 0.25) is 0 Å². The summed E-state index contributed by atoms with van der Waals surface area (Å²) in [6.45, 7) is 3.62. The molecule has 0 unspecified atom stereocenters. The highest BCUT2D eigenvalue weighted by Crippen LogP contribution is 2.27. The Hall–Kier alpha value is -2.36. The van der Waals surface area contributed by atoms with E-state index in [2.05, 4.69) is 34.5 Å². The first-order chi connectivity index (χ1) is 10.9. The molecule has 116 valence electrons. The first kappa shape index (κ1) is 14.6. The third kappa shape index (κ3) is 3.45. The fraction of sp³-hybridized carbons (Fsp3) is 0.333. The van der Waals surface area contributed by atoms with Gasteiger partial charge in [-0.25, -0.2) is 0 Å². The van der Waals surface area contributed by atoms with Crippen molar-refractivity contribution in [3.05, 3.63) is 48.5 Å². The lowest BCUT2D eigenvalue weighted by Crippen LogP contribution is -2.28. The van der Waals surface area contributed by atoms with Crippen LogP contribution in [-0.4, -0.2) is 33.4 Å². The molecule has 4 nitrogen and oxygen atoms in total. The molecule has 1 heterocycles. The van der Waals surface area contributed by atoms with E-state index in [4.69, 9.17) is 9.47 Å². The molecule has 0 bridgehead atoms. The third-order valence-corrected chi connectivity index (χ3v) is 3.85. The van der Waals surface area contributed by atoms with Gasteiger partial charge in [-0.15, -0.1) is 0 Å². The van der Waals surface area contributed by atoms with Gasteiger partial charge in [0.15, 0.2) is 0 Å². The highest BCUT2D eigenvalue weighted by Gasteiger charge is 2.14. The van der Waals surface area contributed by atoms with E-state index in [9.17, 15) is 0 Å². The van der Waals surface area contributed by atoms with Crippen molar-refractivity contribution in [2.75, 3.05) is 43.6 Å². The zero-order chi connectivity index (χ0) is 15.2. The van der Waals surface area contributed by atoms with Crippen molar-refractivity contribution < 1.29 is 9.47 Å². The molecule has 0 atom stereocenters. The molecule has 1 N–H and O–H groups in total. The normalized spacial score (nSPS) is 13.8. The number of nitrogens with one attached hydrogen (secondary N) is 1. The van der Waals surface area contributed by atoms with Gasteiger partial charge in [0.05, 0.1) is 25.0 Å². The number of para-hydroxylation sites is 2. The molecule has 0 radical (unpaired) electrons. The summed E-state index contributed by atoms with van der Waals surface area (Å²) in [5.74, 6) is 1.72. The molecule has 0 aromatic heterocycles. The van der Waals surface area contributed by atoms with Gasteiger partial charge in [-0.3, -0.25) is 0 Å². The lowest BCUT2D eigenvalue weighted by atomic mass is 10.2. The van der Waals surface area contributed by atoms with Crippen LogP contribution < -0.4 is 19.7 Å². The number of anilines is 2. The van der Waals surface area contributed by atoms with Gasteiger partial charge in [-0.05, 0) is 42.8 Å². The van der Waals surface area contributed by atoms with Gasteiger partial charge in [0.1, 0.15) is 18.1 Å². The zero-order valence-corrected chi connectivity index (χ0v) is 12.9. The van der Waals surface area contributed by atoms with Crippen molar-refractivity contribution in [2.24, 2.45) is 0 Å².